The summed E-state index contributed by atoms with van der Waals surface area (Å²) in [7, 11) is 2.03. The van der Waals surface area contributed by atoms with Crippen LogP contribution in [0.15, 0.2) is 24.3 Å². The number of nitrogens with one attached hydrogen (secondary N) is 2. The summed E-state index contributed by atoms with van der Waals surface area (Å²) in [6.45, 7) is 3.87. The van der Waals surface area contributed by atoms with E-state index in [0.717, 1.165) is 19.6 Å². The van der Waals surface area contributed by atoms with E-state index in [1.807, 2.05) is 7.05 Å². The van der Waals surface area contributed by atoms with Crippen molar-refractivity contribution in [1.82, 2.24) is 10.2 Å². The molecule has 5 heteroatoms. The Morgan fingerprint density at radius 3 is 3.00 bits per heavy atom. The summed E-state index contributed by atoms with van der Waals surface area (Å²) >= 11 is 0. The Hall–Kier alpha value is -1.46. The molecule has 1 heterocycles. The molecule has 0 bridgehead atoms. The van der Waals surface area contributed by atoms with E-state index in [1.54, 1.807) is 18.2 Å². The van der Waals surface area contributed by atoms with E-state index < -0.39 is 5.82 Å². The van der Waals surface area contributed by atoms with Crippen molar-refractivity contribution in [2.24, 2.45) is 5.92 Å². The van der Waals surface area contributed by atoms with Crippen LogP contribution < -0.4 is 10.6 Å². The first-order chi connectivity index (χ1) is 10.1. The van der Waals surface area contributed by atoms with Gasteiger partial charge in [-0.2, -0.15) is 0 Å². The van der Waals surface area contributed by atoms with E-state index in [4.69, 9.17) is 0 Å². The van der Waals surface area contributed by atoms with Crippen molar-refractivity contribution in [2.45, 2.75) is 19.3 Å². The van der Waals surface area contributed by atoms with Crippen molar-refractivity contribution in [1.29, 1.82) is 0 Å². The Labute approximate surface area is 125 Å². The molecular formula is C16H24FN3O. The average Bonchev–Trinajstić information content (AvgIpc) is 2.49. The molecule has 1 fully saturated rings. The van der Waals surface area contributed by atoms with Gasteiger partial charge in [0.25, 0.3) is 0 Å². The highest BCUT2D eigenvalue weighted by Crippen LogP contribution is 2.13. The fourth-order valence-electron chi connectivity index (χ4n) is 2.68. The highest BCUT2D eigenvalue weighted by molar-refractivity contribution is 5.90. The number of rotatable bonds is 6. The topological polar surface area (TPSA) is 44.4 Å². The second-order valence-electron chi connectivity index (χ2n) is 5.75. The van der Waals surface area contributed by atoms with Crippen molar-refractivity contribution in [3.8, 4) is 0 Å². The van der Waals surface area contributed by atoms with Crippen LogP contribution in [0.2, 0.25) is 0 Å². The number of piperidine rings is 1. The van der Waals surface area contributed by atoms with Crippen LogP contribution in [0.3, 0.4) is 0 Å². The third kappa shape index (κ3) is 5.44. The summed E-state index contributed by atoms with van der Waals surface area (Å²) in [5, 5.41) is 6.01. The van der Waals surface area contributed by atoms with Crippen LogP contribution in [-0.4, -0.2) is 44.0 Å². The summed E-state index contributed by atoms with van der Waals surface area (Å²) in [5.41, 5.74) is 0.252. The molecule has 0 aliphatic carbocycles. The molecule has 4 nitrogen and oxygen atoms in total. The number of benzene rings is 1. The zero-order valence-corrected chi connectivity index (χ0v) is 12.6. The Kier molecular flexibility index (Phi) is 6.14. The fourth-order valence-corrected chi connectivity index (χ4v) is 2.68. The minimum absolute atomic E-state index is 0.145. The molecule has 116 valence electrons. The van der Waals surface area contributed by atoms with E-state index in [2.05, 4.69) is 15.5 Å². The minimum atomic E-state index is -0.396. The first-order valence-electron chi connectivity index (χ1n) is 7.59. The number of halogens is 1. The van der Waals surface area contributed by atoms with Gasteiger partial charge in [0.1, 0.15) is 5.82 Å². The standard InChI is InChI=1S/C16H24FN3O/c1-20(12-13-5-4-9-18-11-13)10-8-16(21)19-15-7-3-2-6-14(15)17/h2-3,6-7,13,18H,4-5,8-12H2,1H3,(H,19,21). The lowest BCUT2D eigenvalue weighted by Gasteiger charge is -2.27. The molecule has 1 aliphatic heterocycles. The highest BCUT2D eigenvalue weighted by Gasteiger charge is 2.15. The molecule has 2 N–H and O–H groups in total. The average molecular weight is 293 g/mol. The van der Waals surface area contributed by atoms with Crippen LogP contribution in [-0.2, 0) is 4.79 Å². The molecule has 0 saturated carbocycles. The molecule has 1 saturated heterocycles. The lowest BCUT2D eigenvalue weighted by molar-refractivity contribution is -0.116. The summed E-state index contributed by atoms with van der Waals surface area (Å²) in [6, 6.07) is 6.24. The van der Waals surface area contributed by atoms with Crippen molar-refractivity contribution in [3.63, 3.8) is 0 Å². The van der Waals surface area contributed by atoms with Crippen LogP contribution in [0.25, 0.3) is 0 Å². The van der Waals surface area contributed by atoms with Crippen molar-refractivity contribution >= 4 is 11.6 Å². The zero-order chi connectivity index (χ0) is 15.1. The normalized spacial score (nSPS) is 18.7. The van der Waals surface area contributed by atoms with Gasteiger partial charge in [0, 0.05) is 19.5 Å². The maximum Gasteiger partial charge on any atom is 0.225 e. The maximum atomic E-state index is 13.4. The van der Waals surface area contributed by atoms with Gasteiger partial charge in [-0.25, -0.2) is 4.39 Å². The molecule has 0 aromatic heterocycles. The molecular weight excluding hydrogens is 269 g/mol. The molecule has 0 radical (unpaired) electrons. The third-order valence-corrected chi connectivity index (χ3v) is 3.84. The van der Waals surface area contributed by atoms with Gasteiger partial charge in [0.05, 0.1) is 5.69 Å². The summed E-state index contributed by atoms with van der Waals surface area (Å²) in [4.78, 5) is 14.0. The predicted molar refractivity (Wildman–Crippen MR) is 82.7 cm³/mol. The van der Waals surface area contributed by atoms with Gasteiger partial charge >= 0.3 is 0 Å². The van der Waals surface area contributed by atoms with Crippen LogP contribution in [0.5, 0.6) is 0 Å². The molecule has 1 amide bonds. The number of para-hydroxylation sites is 1. The Morgan fingerprint density at radius 2 is 2.29 bits per heavy atom. The molecule has 1 unspecified atom stereocenters. The molecule has 2 rings (SSSR count). The number of carbonyl (C=O) groups excluding carboxylic acids is 1. The second-order valence-corrected chi connectivity index (χ2v) is 5.75. The molecule has 1 aromatic rings. The number of amides is 1. The number of nitrogens with zero attached hydrogens (tertiary/aromatic N) is 1. The largest absolute Gasteiger partial charge is 0.324 e. The summed E-state index contributed by atoms with van der Waals surface area (Å²) in [5.74, 6) is 0.125. The van der Waals surface area contributed by atoms with Gasteiger partial charge in [0.2, 0.25) is 5.91 Å². The first-order valence-corrected chi connectivity index (χ1v) is 7.59. The number of carbonyl (C=O) groups is 1. The van der Waals surface area contributed by atoms with Crippen molar-refractivity contribution in [3.05, 3.63) is 30.1 Å². The monoisotopic (exact) mass is 293 g/mol. The molecule has 21 heavy (non-hydrogen) atoms. The van der Waals surface area contributed by atoms with Crippen LogP contribution in [0.1, 0.15) is 19.3 Å². The van der Waals surface area contributed by atoms with Crippen LogP contribution in [0, 0.1) is 11.7 Å². The Bertz CT molecular complexity index is 461. The van der Waals surface area contributed by atoms with Gasteiger partial charge in [-0.3, -0.25) is 4.79 Å². The molecule has 1 atom stereocenters. The van der Waals surface area contributed by atoms with Gasteiger partial charge in [-0.05, 0) is 51.0 Å². The van der Waals surface area contributed by atoms with E-state index in [-0.39, 0.29) is 11.6 Å². The lowest BCUT2D eigenvalue weighted by Crippen LogP contribution is -2.37. The predicted octanol–water partition coefficient (Wildman–Crippen LogP) is 2.09. The first kappa shape index (κ1) is 15.9. The fraction of sp³-hybridized carbons (Fsp3) is 0.562. The van der Waals surface area contributed by atoms with Crippen LogP contribution >= 0.6 is 0 Å². The van der Waals surface area contributed by atoms with Gasteiger partial charge < -0.3 is 15.5 Å². The second kappa shape index (κ2) is 8.10. The number of anilines is 1. The van der Waals surface area contributed by atoms with Crippen molar-refractivity contribution < 1.29 is 9.18 Å². The third-order valence-electron chi connectivity index (χ3n) is 3.84. The minimum Gasteiger partial charge on any atom is -0.324 e. The van der Waals surface area contributed by atoms with Crippen LogP contribution in [0.4, 0.5) is 10.1 Å². The molecule has 1 aliphatic rings. The zero-order valence-electron chi connectivity index (χ0n) is 12.6. The SMILES string of the molecule is CN(CCC(=O)Nc1ccccc1F)CC1CCCNC1. The van der Waals surface area contributed by atoms with Gasteiger partial charge in [-0.15, -0.1) is 0 Å². The quantitative estimate of drug-likeness (QED) is 0.844. The number of hydrogen-bond acceptors (Lipinski definition) is 3. The smallest absolute Gasteiger partial charge is 0.225 e. The maximum absolute atomic E-state index is 13.4. The Morgan fingerprint density at radius 1 is 1.48 bits per heavy atom. The van der Waals surface area contributed by atoms with E-state index in [9.17, 15) is 9.18 Å². The molecule has 0 spiro atoms. The van der Waals surface area contributed by atoms with E-state index in [0.29, 0.717) is 18.9 Å². The van der Waals surface area contributed by atoms with E-state index >= 15 is 0 Å². The summed E-state index contributed by atoms with van der Waals surface area (Å²) < 4.78 is 13.4. The lowest BCUT2D eigenvalue weighted by atomic mass is 9.99. The number of hydrogen-bond donors (Lipinski definition) is 2. The van der Waals surface area contributed by atoms with Gasteiger partial charge in [-0.1, -0.05) is 12.1 Å². The van der Waals surface area contributed by atoms with Gasteiger partial charge in [0.15, 0.2) is 0 Å². The van der Waals surface area contributed by atoms with Crippen molar-refractivity contribution in [2.75, 3.05) is 38.5 Å². The highest BCUT2D eigenvalue weighted by atomic mass is 19.1. The summed E-state index contributed by atoms with van der Waals surface area (Å²) in [6.07, 6.45) is 2.86. The Balaban J connectivity index is 1.69. The molecule has 1 aromatic carbocycles. The van der Waals surface area contributed by atoms with E-state index in [1.165, 1.54) is 18.9 Å².